The Morgan fingerprint density at radius 2 is 1.76 bits per heavy atom. The summed E-state index contributed by atoms with van der Waals surface area (Å²) in [6.45, 7) is 1.67. The highest BCUT2D eigenvalue weighted by molar-refractivity contribution is 6.04. The minimum atomic E-state index is -0.512. The van der Waals surface area contributed by atoms with Crippen LogP contribution < -0.4 is 20.9 Å². The van der Waals surface area contributed by atoms with Crippen LogP contribution in [-0.4, -0.2) is 32.1 Å². The molecule has 0 radical (unpaired) electrons. The lowest BCUT2D eigenvalue weighted by atomic mass is 10.1. The normalized spacial score (nSPS) is 15.1. The fraction of sp³-hybridized carbons (Fsp3) is 0.263. The number of nitrogens with two attached hydrogens (primary N) is 1. The van der Waals surface area contributed by atoms with E-state index in [2.05, 4.69) is 29.4 Å². The molecule has 128 valence electrons. The Labute approximate surface area is 146 Å². The van der Waals surface area contributed by atoms with E-state index in [1.807, 2.05) is 0 Å². The molecule has 6 nitrogen and oxygen atoms in total. The molecule has 6 heteroatoms. The van der Waals surface area contributed by atoms with Crippen molar-refractivity contribution in [1.82, 2.24) is 0 Å². The van der Waals surface area contributed by atoms with Crippen LogP contribution in [0.4, 0.5) is 21.9 Å². The van der Waals surface area contributed by atoms with Gasteiger partial charge in [-0.05, 0) is 54.3 Å². The van der Waals surface area contributed by atoms with Crippen molar-refractivity contribution in [2.24, 2.45) is 5.73 Å². The van der Waals surface area contributed by atoms with Gasteiger partial charge < -0.3 is 16.0 Å². The number of benzene rings is 2. The SMILES string of the molecule is CN1CCc2cc3c(cc21)CCN3C(=O)Nc1cccc(C(N)=O)c1. The highest BCUT2D eigenvalue weighted by Crippen LogP contribution is 2.37. The van der Waals surface area contributed by atoms with Gasteiger partial charge in [0.05, 0.1) is 0 Å². The van der Waals surface area contributed by atoms with Crippen LogP contribution in [0, 0.1) is 0 Å². The molecule has 0 saturated carbocycles. The summed E-state index contributed by atoms with van der Waals surface area (Å²) in [4.78, 5) is 28.0. The maximum absolute atomic E-state index is 12.7. The smallest absolute Gasteiger partial charge is 0.326 e. The lowest BCUT2D eigenvalue weighted by molar-refractivity contribution is 0.100. The van der Waals surface area contributed by atoms with Crippen LogP contribution in [0.5, 0.6) is 0 Å². The van der Waals surface area contributed by atoms with Crippen molar-refractivity contribution in [1.29, 1.82) is 0 Å². The van der Waals surface area contributed by atoms with Crippen LogP contribution in [0.2, 0.25) is 0 Å². The zero-order valence-corrected chi connectivity index (χ0v) is 14.1. The maximum atomic E-state index is 12.7. The summed E-state index contributed by atoms with van der Waals surface area (Å²) in [5.41, 5.74) is 11.0. The van der Waals surface area contributed by atoms with Crippen LogP contribution >= 0.6 is 0 Å². The third kappa shape index (κ3) is 2.69. The molecule has 3 amide bonds. The van der Waals surface area contributed by atoms with Crippen molar-refractivity contribution in [2.75, 3.05) is 35.3 Å². The molecule has 3 N–H and O–H groups in total. The molecule has 0 spiro atoms. The molecular weight excluding hydrogens is 316 g/mol. The van der Waals surface area contributed by atoms with Crippen LogP contribution in [-0.2, 0) is 12.8 Å². The number of carbonyl (C=O) groups excluding carboxylic acids is 2. The number of amides is 3. The van der Waals surface area contributed by atoms with E-state index in [9.17, 15) is 9.59 Å². The second-order valence-electron chi connectivity index (χ2n) is 6.56. The van der Waals surface area contributed by atoms with Gasteiger partial charge in [0, 0.05) is 42.8 Å². The van der Waals surface area contributed by atoms with E-state index in [0.717, 1.165) is 25.1 Å². The van der Waals surface area contributed by atoms with E-state index < -0.39 is 5.91 Å². The molecule has 2 aliphatic rings. The fourth-order valence-electron chi connectivity index (χ4n) is 3.58. The number of nitrogens with zero attached hydrogens (tertiary/aromatic N) is 2. The van der Waals surface area contributed by atoms with E-state index in [1.165, 1.54) is 16.8 Å². The third-order valence-electron chi connectivity index (χ3n) is 4.95. The van der Waals surface area contributed by atoms with Crippen molar-refractivity contribution in [3.05, 3.63) is 53.1 Å². The molecule has 0 saturated heterocycles. The molecular formula is C19H20N4O2. The van der Waals surface area contributed by atoms with Gasteiger partial charge in [-0.25, -0.2) is 4.79 Å². The van der Waals surface area contributed by atoms with E-state index in [1.54, 1.807) is 29.2 Å². The Balaban J connectivity index is 1.57. The van der Waals surface area contributed by atoms with Gasteiger partial charge in [0.2, 0.25) is 5.91 Å². The van der Waals surface area contributed by atoms with Gasteiger partial charge in [-0.15, -0.1) is 0 Å². The molecule has 2 aliphatic heterocycles. The summed E-state index contributed by atoms with van der Waals surface area (Å²) >= 11 is 0. The minimum Gasteiger partial charge on any atom is -0.374 e. The van der Waals surface area contributed by atoms with Crippen LogP contribution in [0.1, 0.15) is 21.5 Å². The predicted octanol–water partition coefficient (Wildman–Crippen LogP) is 2.37. The van der Waals surface area contributed by atoms with Gasteiger partial charge in [0.1, 0.15) is 0 Å². The molecule has 2 aromatic carbocycles. The van der Waals surface area contributed by atoms with E-state index in [-0.39, 0.29) is 6.03 Å². The van der Waals surface area contributed by atoms with E-state index >= 15 is 0 Å². The van der Waals surface area contributed by atoms with Crippen molar-refractivity contribution in [3.63, 3.8) is 0 Å². The molecule has 0 unspecified atom stereocenters. The number of fused-ring (bicyclic) bond motifs is 2. The lowest BCUT2D eigenvalue weighted by Gasteiger charge is -2.19. The highest BCUT2D eigenvalue weighted by atomic mass is 16.2. The molecule has 0 atom stereocenters. The number of carbonyl (C=O) groups is 2. The molecule has 4 rings (SSSR count). The average molecular weight is 336 g/mol. The average Bonchev–Trinajstić information content (AvgIpc) is 3.17. The van der Waals surface area contributed by atoms with Crippen LogP contribution in [0.15, 0.2) is 36.4 Å². The zero-order chi connectivity index (χ0) is 17.6. The van der Waals surface area contributed by atoms with Gasteiger partial charge in [-0.3, -0.25) is 9.69 Å². The largest absolute Gasteiger partial charge is 0.374 e. The Hall–Kier alpha value is -3.02. The van der Waals surface area contributed by atoms with Gasteiger partial charge in [-0.1, -0.05) is 6.07 Å². The summed E-state index contributed by atoms with van der Waals surface area (Å²) in [5, 5.41) is 2.87. The summed E-state index contributed by atoms with van der Waals surface area (Å²) in [6.07, 6.45) is 1.86. The first-order valence-corrected chi connectivity index (χ1v) is 8.38. The fourth-order valence-corrected chi connectivity index (χ4v) is 3.58. The summed E-state index contributed by atoms with van der Waals surface area (Å²) in [5.74, 6) is -0.512. The quantitative estimate of drug-likeness (QED) is 0.884. The molecule has 0 bridgehead atoms. The topological polar surface area (TPSA) is 78.7 Å². The number of hydrogen-bond acceptors (Lipinski definition) is 3. The van der Waals surface area contributed by atoms with E-state index in [4.69, 9.17) is 5.73 Å². The monoisotopic (exact) mass is 336 g/mol. The first-order chi connectivity index (χ1) is 12.0. The van der Waals surface area contributed by atoms with Gasteiger partial charge in [0.15, 0.2) is 0 Å². The zero-order valence-electron chi connectivity index (χ0n) is 14.1. The van der Waals surface area contributed by atoms with Crippen molar-refractivity contribution in [2.45, 2.75) is 12.8 Å². The maximum Gasteiger partial charge on any atom is 0.326 e. The Morgan fingerprint density at radius 1 is 1.04 bits per heavy atom. The van der Waals surface area contributed by atoms with Crippen molar-refractivity contribution < 1.29 is 9.59 Å². The van der Waals surface area contributed by atoms with Gasteiger partial charge in [0.25, 0.3) is 0 Å². The van der Waals surface area contributed by atoms with E-state index in [0.29, 0.717) is 17.8 Å². The number of anilines is 3. The van der Waals surface area contributed by atoms with Crippen molar-refractivity contribution >= 4 is 29.0 Å². The second-order valence-corrected chi connectivity index (χ2v) is 6.56. The summed E-state index contributed by atoms with van der Waals surface area (Å²) < 4.78 is 0. The highest BCUT2D eigenvalue weighted by Gasteiger charge is 2.28. The Morgan fingerprint density at radius 3 is 2.56 bits per heavy atom. The molecule has 0 aromatic heterocycles. The van der Waals surface area contributed by atoms with Crippen LogP contribution in [0.25, 0.3) is 0 Å². The number of likely N-dealkylation sites (N-methyl/N-ethyl adjacent to an activating group) is 1. The van der Waals surface area contributed by atoms with Crippen molar-refractivity contribution in [3.8, 4) is 0 Å². The number of hydrogen-bond donors (Lipinski definition) is 2. The predicted molar refractivity (Wildman–Crippen MR) is 98.4 cm³/mol. The minimum absolute atomic E-state index is 0.188. The summed E-state index contributed by atoms with van der Waals surface area (Å²) in [7, 11) is 2.10. The standard InChI is InChI=1S/C19H20N4O2/c1-22-7-5-12-11-17-13(10-16(12)22)6-8-23(17)19(25)21-15-4-2-3-14(9-15)18(20)24/h2-4,9-11H,5-8H2,1H3,(H2,20,24)(H,21,25). The third-order valence-corrected chi connectivity index (χ3v) is 4.95. The van der Waals surface area contributed by atoms with Gasteiger partial charge in [-0.2, -0.15) is 0 Å². The number of urea groups is 1. The molecule has 2 aromatic rings. The first kappa shape index (κ1) is 15.5. The molecule has 0 aliphatic carbocycles. The first-order valence-electron chi connectivity index (χ1n) is 8.38. The molecule has 2 heterocycles. The Kier molecular flexibility index (Phi) is 3.60. The Bertz CT molecular complexity index is 878. The number of primary amides is 1. The molecule has 0 fully saturated rings. The lowest BCUT2D eigenvalue weighted by Crippen LogP contribution is -2.33. The van der Waals surface area contributed by atoms with Gasteiger partial charge >= 0.3 is 6.03 Å². The summed E-state index contributed by atoms with van der Waals surface area (Å²) in [6, 6.07) is 10.8. The van der Waals surface area contributed by atoms with Crippen LogP contribution in [0.3, 0.4) is 0 Å². The number of nitrogens with one attached hydrogen (secondary N) is 1. The molecule has 25 heavy (non-hydrogen) atoms. The second kappa shape index (κ2) is 5.81. The number of rotatable bonds is 2.